The molecule has 0 fully saturated rings. The van der Waals surface area contributed by atoms with Crippen LogP contribution in [-0.4, -0.2) is 5.71 Å². The van der Waals surface area contributed by atoms with Crippen molar-refractivity contribution in [3.63, 3.8) is 0 Å². The van der Waals surface area contributed by atoms with Crippen LogP contribution < -0.4 is 5.01 Å². The van der Waals surface area contributed by atoms with E-state index in [1.54, 1.807) is 0 Å². The van der Waals surface area contributed by atoms with E-state index in [0.717, 1.165) is 29.3 Å². The average Bonchev–Trinajstić information content (AvgIpc) is 3.27. The third-order valence-electron chi connectivity index (χ3n) is 5.72. The zero-order valence-electron chi connectivity index (χ0n) is 17.2. The fourth-order valence-corrected chi connectivity index (χ4v) is 4.22. The number of anilines is 1. The first-order chi connectivity index (χ1) is 15.3. The van der Waals surface area contributed by atoms with Crippen LogP contribution in [0.25, 0.3) is 0 Å². The number of halogens is 1. The molecule has 0 aliphatic carbocycles. The van der Waals surface area contributed by atoms with Crippen LogP contribution in [0.15, 0.2) is 114 Å². The summed E-state index contributed by atoms with van der Waals surface area (Å²) in [5.41, 5.74) is 7.23. The van der Waals surface area contributed by atoms with Crippen LogP contribution in [0.2, 0.25) is 5.02 Å². The number of hydrogen-bond donors (Lipinski definition) is 0. The Hall–Kier alpha value is -3.36. The molecule has 152 valence electrons. The number of hydrogen-bond acceptors (Lipinski definition) is 2. The molecular formula is C28H23ClN2. The van der Waals surface area contributed by atoms with E-state index in [1.807, 2.05) is 18.2 Å². The Morgan fingerprint density at radius 1 is 0.710 bits per heavy atom. The van der Waals surface area contributed by atoms with Crippen LogP contribution in [-0.2, 0) is 6.42 Å². The molecule has 0 unspecified atom stereocenters. The molecule has 5 rings (SSSR count). The molecule has 2 nitrogen and oxygen atoms in total. The predicted molar refractivity (Wildman–Crippen MR) is 130 cm³/mol. The van der Waals surface area contributed by atoms with Gasteiger partial charge in [0.2, 0.25) is 0 Å². The Bertz CT molecular complexity index is 1170. The van der Waals surface area contributed by atoms with Gasteiger partial charge in [-0.2, -0.15) is 5.10 Å². The molecule has 0 aromatic heterocycles. The molecule has 1 heterocycles. The number of rotatable bonds is 5. The quantitative estimate of drug-likeness (QED) is 0.329. The van der Waals surface area contributed by atoms with Crippen LogP contribution in [0.4, 0.5) is 5.69 Å². The first-order valence-corrected chi connectivity index (χ1v) is 10.9. The Morgan fingerprint density at radius 3 is 2.00 bits per heavy atom. The minimum Gasteiger partial charge on any atom is -0.257 e. The van der Waals surface area contributed by atoms with E-state index in [9.17, 15) is 0 Å². The van der Waals surface area contributed by atoms with E-state index >= 15 is 0 Å². The molecule has 0 bridgehead atoms. The number of hydrazone groups is 1. The summed E-state index contributed by atoms with van der Waals surface area (Å²) >= 11 is 6.13. The van der Waals surface area contributed by atoms with Gasteiger partial charge in [-0.25, -0.2) is 0 Å². The lowest BCUT2D eigenvalue weighted by molar-refractivity contribution is 0.709. The Morgan fingerprint density at radius 2 is 1.32 bits per heavy atom. The molecule has 3 heteroatoms. The summed E-state index contributed by atoms with van der Waals surface area (Å²) in [7, 11) is 0. The minimum absolute atomic E-state index is 0.152. The van der Waals surface area contributed by atoms with Gasteiger partial charge in [0, 0.05) is 11.4 Å². The van der Waals surface area contributed by atoms with Gasteiger partial charge in [-0.05, 0) is 52.9 Å². The maximum atomic E-state index is 6.13. The van der Waals surface area contributed by atoms with Crippen molar-refractivity contribution in [1.82, 2.24) is 0 Å². The lowest BCUT2D eigenvalue weighted by Gasteiger charge is -2.24. The van der Waals surface area contributed by atoms with Crippen LogP contribution in [0.1, 0.15) is 34.7 Å². The Balaban J connectivity index is 1.42. The largest absolute Gasteiger partial charge is 0.257 e. The van der Waals surface area contributed by atoms with E-state index in [4.69, 9.17) is 16.7 Å². The van der Waals surface area contributed by atoms with Gasteiger partial charge in [-0.1, -0.05) is 96.5 Å². The second-order valence-corrected chi connectivity index (χ2v) is 8.29. The third-order valence-corrected chi connectivity index (χ3v) is 5.98. The van der Waals surface area contributed by atoms with E-state index in [-0.39, 0.29) is 6.04 Å². The molecule has 0 saturated heterocycles. The van der Waals surface area contributed by atoms with Gasteiger partial charge in [0.1, 0.15) is 0 Å². The summed E-state index contributed by atoms with van der Waals surface area (Å²) in [6.07, 6.45) is 1.80. The van der Waals surface area contributed by atoms with Crippen molar-refractivity contribution in [2.24, 2.45) is 5.10 Å². The lowest BCUT2D eigenvalue weighted by atomic mass is 9.97. The zero-order chi connectivity index (χ0) is 21.0. The second-order valence-electron chi connectivity index (χ2n) is 7.86. The summed E-state index contributed by atoms with van der Waals surface area (Å²) in [6.45, 7) is 0. The monoisotopic (exact) mass is 422 g/mol. The molecule has 0 radical (unpaired) electrons. The molecule has 0 amide bonds. The number of para-hydroxylation sites is 1. The summed E-state index contributed by atoms with van der Waals surface area (Å²) in [5, 5.41) is 7.93. The summed E-state index contributed by atoms with van der Waals surface area (Å²) in [6, 6.07) is 38.0. The van der Waals surface area contributed by atoms with Crippen molar-refractivity contribution < 1.29 is 0 Å². The van der Waals surface area contributed by atoms with Crippen LogP contribution in [0.5, 0.6) is 0 Å². The van der Waals surface area contributed by atoms with Crippen LogP contribution >= 0.6 is 11.6 Å². The predicted octanol–water partition coefficient (Wildman–Crippen LogP) is 7.29. The van der Waals surface area contributed by atoms with Crippen molar-refractivity contribution in [1.29, 1.82) is 0 Å². The standard InChI is InChI=1S/C28H23ClN2/c29-25-17-15-24(16-18-25)28-20-27(30-31(28)26-9-5-2-6-10-26)23-13-11-22(12-14-23)19-21-7-3-1-4-8-21/h1-18,28H,19-20H2/t28-/m0/s1. The molecule has 1 aliphatic heterocycles. The van der Waals surface area contributed by atoms with Gasteiger partial charge in [0.25, 0.3) is 0 Å². The molecule has 4 aromatic carbocycles. The maximum Gasteiger partial charge on any atom is 0.0831 e. The maximum absolute atomic E-state index is 6.13. The van der Waals surface area contributed by atoms with Gasteiger partial charge in [0.05, 0.1) is 17.4 Å². The molecule has 1 atom stereocenters. The topological polar surface area (TPSA) is 15.6 Å². The first-order valence-electron chi connectivity index (χ1n) is 10.6. The molecule has 0 N–H and O–H groups in total. The number of benzene rings is 4. The van der Waals surface area contributed by atoms with Crippen molar-refractivity contribution in [3.05, 3.63) is 136 Å². The van der Waals surface area contributed by atoms with Gasteiger partial charge < -0.3 is 0 Å². The van der Waals surface area contributed by atoms with Gasteiger partial charge in [0.15, 0.2) is 0 Å². The van der Waals surface area contributed by atoms with E-state index < -0.39 is 0 Å². The van der Waals surface area contributed by atoms with Crippen molar-refractivity contribution >= 4 is 23.0 Å². The fourth-order valence-electron chi connectivity index (χ4n) is 4.09. The van der Waals surface area contributed by atoms with E-state index in [2.05, 4.69) is 96.0 Å². The molecule has 31 heavy (non-hydrogen) atoms. The van der Waals surface area contributed by atoms with Gasteiger partial charge >= 0.3 is 0 Å². The van der Waals surface area contributed by atoms with Crippen LogP contribution in [0, 0.1) is 0 Å². The third kappa shape index (κ3) is 4.40. The molecular weight excluding hydrogens is 400 g/mol. The van der Waals surface area contributed by atoms with Crippen LogP contribution in [0.3, 0.4) is 0 Å². The summed E-state index contributed by atoms with van der Waals surface area (Å²) in [5.74, 6) is 0. The van der Waals surface area contributed by atoms with E-state index in [0.29, 0.717) is 0 Å². The lowest BCUT2D eigenvalue weighted by Crippen LogP contribution is -2.18. The Labute approximate surface area is 188 Å². The highest BCUT2D eigenvalue weighted by molar-refractivity contribution is 6.30. The molecule has 1 aliphatic rings. The molecule has 4 aromatic rings. The molecule has 0 spiro atoms. The Kier molecular flexibility index (Phi) is 5.56. The first kappa shape index (κ1) is 19.6. The van der Waals surface area contributed by atoms with Gasteiger partial charge in [-0.15, -0.1) is 0 Å². The zero-order valence-corrected chi connectivity index (χ0v) is 17.9. The molecule has 0 saturated carbocycles. The highest BCUT2D eigenvalue weighted by atomic mass is 35.5. The fraction of sp³-hybridized carbons (Fsp3) is 0.107. The van der Waals surface area contributed by atoms with Gasteiger partial charge in [-0.3, -0.25) is 5.01 Å². The number of nitrogens with zero attached hydrogens (tertiary/aromatic N) is 2. The summed E-state index contributed by atoms with van der Waals surface area (Å²) in [4.78, 5) is 0. The van der Waals surface area contributed by atoms with E-state index in [1.165, 1.54) is 22.3 Å². The normalized spacial score (nSPS) is 15.7. The summed E-state index contributed by atoms with van der Waals surface area (Å²) < 4.78 is 0. The second kappa shape index (κ2) is 8.79. The smallest absolute Gasteiger partial charge is 0.0831 e. The highest BCUT2D eigenvalue weighted by Gasteiger charge is 2.29. The SMILES string of the molecule is Clc1ccc([C@@H]2CC(c3ccc(Cc4ccccc4)cc3)=NN2c2ccccc2)cc1. The minimum atomic E-state index is 0.152. The van der Waals surface area contributed by atoms with Crippen molar-refractivity contribution in [2.45, 2.75) is 18.9 Å². The van der Waals surface area contributed by atoms with Crippen molar-refractivity contribution in [2.75, 3.05) is 5.01 Å². The highest BCUT2D eigenvalue weighted by Crippen LogP contribution is 2.37. The van der Waals surface area contributed by atoms with Crippen molar-refractivity contribution in [3.8, 4) is 0 Å². The average molecular weight is 423 g/mol.